The van der Waals surface area contributed by atoms with E-state index in [1.807, 2.05) is 17.5 Å². The van der Waals surface area contributed by atoms with Crippen LogP contribution in [0.25, 0.3) is 0 Å². The highest BCUT2D eigenvalue weighted by Gasteiger charge is 2.20. The van der Waals surface area contributed by atoms with Crippen molar-refractivity contribution in [2.24, 2.45) is 0 Å². The lowest BCUT2D eigenvalue weighted by Crippen LogP contribution is -2.27. The van der Waals surface area contributed by atoms with Gasteiger partial charge in [-0.05, 0) is 24.3 Å². The molecule has 0 fully saturated rings. The summed E-state index contributed by atoms with van der Waals surface area (Å²) in [4.78, 5) is 18.2. The van der Waals surface area contributed by atoms with Crippen LogP contribution in [0.15, 0.2) is 17.5 Å². The van der Waals surface area contributed by atoms with Gasteiger partial charge in [-0.2, -0.15) is 0 Å². The zero-order valence-corrected chi connectivity index (χ0v) is 13.8. The maximum atomic E-state index is 12.4. The molecule has 0 aromatic carbocycles. The van der Waals surface area contributed by atoms with Crippen molar-refractivity contribution in [1.82, 2.24) is 10.3 Å². The number of carbonyl (C=O) groups excluding carboxylic acids is 1. The molecule has 2 heterocycles. The molecule has 0 bridgehead atoms. The van der Waals surface area contributed by atoms with Crippen LogP contribution in [0.3, 0.4) is 0 Å². The second-order valence-electron chi connectivity index (χ2n) is 4.61. The standard InChI is InChI=1S/C14H20N4OS2/c1-3-7-16-14-18-12(15)11(21-14)13(19)17-9(4-2)10-6-5-8-20-10/h5-6,8-9H,3-4,7,15H2,1-2H3,(H,16,18)(H,17,19). The lowest BCUT2D eigenvalue weighted by atomic mass is 10.2. The number of nitrogen functional groups attached to an aromatic ring is 1. The summed E-state index contributed by atoms with van der Waals surface area (Å²) < 4.78 is 0. The van der Waals surface area contributed by atoms with Crippen LogP contribution < -0.4 is 16.4 Å². The van der Waals surface area contributed by atoms with Crippen molar-refractivity contribution in [1.29, 1.82) is 0 Å². The van der Waals surface area contributed by atoms with E-state index in [1.165, 1.54) is 11.3 Å². The highest BCUT2D eigenvalue weighted by molar-refractivity contribution is 7.18. The Morgan fingerprint density at radius 3 is 2.90 bits per heavy atom. The molecule has 114 valence electrons. The van der Waals surface area contributed by atoms with Crippen LogP contribution in [0.5, 0.6) is 0 Å². The lowest BCUT2D eigenvalue weighted by molar-refractivity contribution is 0.0941. The molecule has 0 radical (unpaired) electrons. The zero-order valence-electron chi connectivity index (χ0n) is 12.2. The Hall–Kier alpha value is -1.60. The number of hydrogen-bond acceptors (Lipinski definition) is 6. The Morgan fingerprint density at radius 1 is 1.48 bits per heavy atom. The Morgan fingerprint density at radius 2 is 2.29 bits per heavy atom. The van der Waals surface area contributed by atoms with Gasteiger partial charge < -0.3 is 16.4 Å². The number of nitrogens with one attached hydrogen (secondary N) is 2. The minimum absolute atomic E-state index is 0.0195. The molecule has 1 unspecified atom stereocenters. The third kappa shape index (κ3) is 3.95. The van der Waals surface area contributed by atoms with Crippen molar-refractivity contribution in [2.45, 2.75) is 32.7 Å². The van der Waals surface area contributed by atoms with E-state index in [9.17, 15) is 4.79 Å². The topological polar surface area (TPSA) is 80.0 Å². The maximum Gasteiger partial charge on any atom is 0.265 e. The number of nitrogens with two attached hydrogens (primary N) is 1. The monoisotopic (exact) mass is 324 g/mol. The summed E-state index contributed by atoms with van der Waals surface area (Å²) in [6, 6.07) is 4.04. The van der Waals surface area contributed by atoms with E-state index in [4.69, 9.17) is 5.73 Å². The van der Waals surface area contributed by atoms with Gasteiger partial charge in [0.1, 0.15) is 10.7 Å². The van der Waals surface area contributed by atoms with E-state index in [-0.39, 0.29) is 17.8 Å². The average Bonchev–Trinajstić information content (AvgIpc) is 3.12. The van der Waals surface area contributed by atoms with Crippen LogP contribution in [0.2, 0.25) is 0 Å². The first-order valence-corrected chi connectivity index (χ1v) is 8.69. The summed E-state index contributed by atoms with van der Waals surface area (Å²) in [6.07, 6.45) is 1.84. The molecule has 0 aliphatic rings. The van der Waals surface area contributed by atoms with Crippen LogP contribution in [-0.4, -0.2) is 17.4 Å². The summed E-state index contributed by atoms with van der Waals surface area (Å²) in [6.45, 7) is 4.94. The van der Waals surface area contributed by atoms with Gasteiger partial charge >= 0.3 is 0 Å². The molecule has 1 atom stereocenters. The third-order valence-corrected chi connectivity index (χ3v) is 5.00. The van der Waals surface area contributed by atoms with Crippen molar-refractivity contribution >= 4 is 39.5 Å². The molecular formula is C14H20N4OS2. The number of rotatable bonds is 7. The first-order chi connectivity index (χ1) is 10.2. The fourth-order valence-corrected chi connectivity index (χ4v) is 3.56. The van der Waals surface area contributed by atoms with Gasteiger partial charge in [-0.15, -0.1) is 11.3 Å². The van der Waals surface area contributed by atoms with Gasteiger partial charge in [-0.25, -0.2) is 4.98 Å². The first kappa shape index (κ1) is 15.8. The first-order valence-electron chi connectivity index (χ1n) is 7.00. The minimum Gasteiger partial charge on any atom is -0.382 e. The van der Waals surface area contributed by atoms with Crippen LogP contribution in [0.4, 0.5) is 10.9 Å². The molecule has 2 aromatic rings. The van der Waals surface area contributed by atoms with Crippen molar-refractivity contribution in [3.63, 3.8) is 0 Å². The Kier molecular flexibility index (Phi) is 5.58. The fraction of sp³-hybridized carbons (Fsp3) is 0.429. The largest absolute Gasteiger partial charge is 0.382 e. The molecule has 7 heteroatoms. The average molecular weight is 324 g/mol. The molecule has 0 spiro atoms. The zero-order chi connectivity index (χ0) is 15.2. The number of aromatic nitrogens is 1. The quantitative estimate of drug-likeness (QED) is 0.728. The summed E-state index contributed by atoms with van der Waals surface area (Å²) in [5.74, 6) is 0.131. The minimum atomic E-state index is -0.158. The van der Waals surface area contributed by atoms with Crippen molar-refractivity contribution in [3.8, 4) is 0 Å². The van der Waals surface area contributed by atoms with Gasteiger partial charge in [-0.1, -0.05) is 31.3 Å². The summed E-state index contributed by atoms with van der Waals surface area (Å²) in [5, 5.41) is 8.89. The van der Waals surface area contributed by atoms with Gasteiger partial charge in [0.15, 0.2) is 5.13 Å². The smallest absolute Gasteiger partial charge is 0.265 e. The number of nitrogens with zero attached hydrogens (tertiary/aromatic N) is 1. The highest BCUT2D eigenvalue weighted by atomic mass is 32.1. The molecule has 0 aliphatic heterocycles. The Bertz CT molecular complexity index is 580. The molecule has 5 nitrogen and oxygen atoms in total. The van der Waals surface area contributed by atoms with Crippen LogP contribution in [-0.2, 0) is 0 Å². The summed E-state index contributed by atoms with van der Waals surface area (Å²) >= 11 is 2.94. The summed E-state index contributed by atoms with van der Waals surface area (Å²) in [7, 11) is 0. The lowest BCUT2D eigenvalue weighted by Gasteiger charge is -2.14. The van der Waals surface area contributed by atoms with Gasteiger partial charge in [0.2, 0.25) is 0 Å². The van der Waals surface area contributed by atoms with Gasteiger partial charge in [0, 0.05) is 11.4 Å². The van der Waals surface area contributed by atoms with E-state index in [2.05, 4.69) is 29.5 Å². The number of anilines is 2. The summed E-state index contributed by atoms with van der Waals surface area (Å²) in [5.41, 5.74) is 5.85. The number of thiophene rings is 1. The molecule has 2 rings (SSSR count). The second-order valence-corrected chi connectivity index (χ2v) is 6.59. The SMILES string of the molecule is CCCNc1nc(N)c(C(=O)NC(CC)c2cccs2)s1. The Labute approximate surface area is 132 Å². The molecule has 0 saturated heterocycles. The molecular weight excluding hydrogens is 304 g/mol. The van der Waals surface area contributed by atoms with Crippen molar-refractivity contribution in [2.75, 3.05) is 17.6 Å². The van der Waals surface area contributed by atoms with E-state index in [1.54, 1.807) is 11.3 Å². The predicted octanol–water partition coefficient (Wildman–Crippen LogP) is 3.49. The number of thiazole rings is 1. The van der Waals surface area contributed by atoms with E-state index < -0.39 is 0 Å². The number of amides is 1. The number of carbonyl (C=O) groups is 1. The van der Waals surface area contributed by atoms with Crippen molar-refractivity contribution in [3.05, 3.63) is 27.3 Å². The predicted molar refractivity (Wildman–Crippen MR) is 90.1 cm³/mol. The van der Waals surface area contributed by atoms with Crippen LogP contribution in [0.1, 0.15) is 47.3 Å². The van der Waals surface area contributed by atoms with Gasteiger partial charge in [0.25, 0.3) is 5.91 Å². The Balaban J connectivity index is 2.07. The molecule has 4 N–H and O–H groups in total. The molecule has 2 aromatic heterocycles. The number of hydrogen-bond donors (Lipinski definition) is 3. The highest BCUT2D eigenvalue weighted by Crippen LogP contribution is 2.27. The van der Waals surface area contributed by atoms with E-state index in [0.29, 0.717) is 10.0 Å². The molecule has 0 aliphatic carbocycles. The van der Waals surface area contributed by atoms with Gasteiger partial charge in [0.05, 0.1) is 6.04 Å². The maximum absolute atomic E-state index is 12.4. The molecule has 21 heavy (non-hydrogen) atoms. The molecule has 1 amide bonds. The van der Waals surface area contributed by atoms with E-state index >= 15 is 0 Å². The molecule has 0 saturated carbocycles. The van der Waals surface area contributed by atoms with Crippen LogP contribution in [0, 0.1) is 0 Å². The fourth-order valence-electron chi connectivity index (χ4n) is 1.89. The normalized spacial score (nSPS) is 12.1. The van der Waals surface area contributed by atoms with Gasteiger partial charge in [-0.3, -0.25) is 4.79 Å². The third-order valence-electron chi connectivity index (χ3n) is 2.99. The van der Waals surface area contributed by atoms with Crippen molar-refractivity contribution < 1.29 is 4.79 Å². The van der Waals surface area contributed by atoms with E-state index in [0.717, 1.165) is 24.3 Å². The second kappa shape index (κ2) is 7.42. The van der Waals surface area contributed by atoms with Crippen LogP contribution >= 0.6 is 22.7 Å².